The molecule has 0 aliphatic carbocycles. The third-order valence-corrected chi connectivity index (χ3v) is 3.50. The van der Waals surface area contributed by atoms with E-state index in [1.807, 2.05) is 18.2 Å². The number of nitrogens with zero attached hydrogens (tertiary/aromatic N) is 4. The number of hydrogen-bond acceptors (Lipinski definition) is 4. The Kier molecular flexibility index (Phi) is 4.47. The molecule has 1 aromatic heterocycles. The van der Waals surface area contributed by atoms with Crippen molar-refractivity contribution in [1.29, 1.82) is 0 Å². The lowest BCUT2D eigenvalue weighted by Crippen LogP contribution is -2.24. The molecule has 0 saturated heterocycles. The molecule has 0 aliphatic heterocycles. The highest BCUT2D eigenvalue weighted by Gasteiger charge is 2.11. The van der Waals surface area contributed by atoms with E-state index in [0.29, 0.717) is 12.6 Å². The summed E-state index contributed by atoms with van der Waals surface area (Å²) in [6.45, 7) is 4.80. The number of tetrazole rings is 1. The minimum absolute atomic E-state index is 0.390. The molecule has 0 fully saturated rings. The van der Waals surface area contributed by atoms with Gasteiger partial charge >= 0.3 is 0 Å². The first kappa shape index (κ1) is 13.6. The lowest BCUT2D eigenvalue weighted by atomic mass is 10.3. The summed E-state index contributed by atoms with van der Waals surface area (Å²) >= 11 is 6.96. The zero-order valence-electron chi connectivity index (χ0n) is 10.1. The van der Waals surface area contributed by atoms with Crippen LogP contribution in [0.1, 0.15) is 19.7 Å². The molecule has 2 aromatic rings. The van der Waals surface area contributed by atoms with E-state index < -0.39 is 0 Å². The van der Waals surface area contributed by atoms with Crippen LogP contribution in [0.15, 0.2) is 27.1 Å². The Labute approximate surface area is 122 Å². The highest BCUT2D eigenvalue weighted by atomic mass is 79.9. The van der Waals surface area contributed by atoms with Crippen LogP contribution in [-0.2, 0) is 6.54 Å². The molecule has 96 valence electrons. The molecule has 0 saturated carbocycles. The Morgan fingerprint density at radius 3 is 2.83 bits per heavy atom. The zero-order chi connectivity index (χ0) is 13.1. The van der Waals surface area contributed by atoms with Gasteiger partial charge in [-0.3, -0.25) is 0 Å². The number of hydrogen-bond donors (Lipinski definition) is 1. The Morgan fingerprint density at radius 2 is 2.11 bits per heavy atom. The molecule has 0 atom stereocenters. The molecular weight excluding hydrogens is 362 g/mol. The SMILES string of the molecule is CC(C)NCc1nnnn1-c1cc(Br)ccc1Br. The van der Waals surface area contributed by atoms with Crippen LogP contribution in [0.25, 0.3) is 5.69 Å². The van der Waals surface area contributed by atoms with Crippen molar-refractivity contribution in [3.63, 3.8) is 0 Å². The highest BCUT2D eigenvalue weighted by molar-refractivity contribution is 9.11. The van der Waals surface area contributed by atoms with Gasteiger partial charge in [0.1, 0.15) is 0 Å². The molecule has 1 N–H and O–H groups in total. The van der Waals surface area contributed by atoms with Gasteiger partial charge in [0.05, 0.1) is 12.2 Å². The Hall–Kier alpha value is -0.790. The van der Waals surface area contributed by atoms with Crippen molar-refractivity contribution < 1.29 is 0 Å². The van der Waals surface area contributed by atoms with Gasteiger partial charge in [-0.25, -0.2) is 0 Å². The number of aromatic nitrogens is 4. The molecule has 1 heterocycles. The number of nitrogens with one attached hydrogen (secondary N) is 1. The van der Waals surface area contributed by atoms with Crippen molar-refractivity contribution in [3.05, 3.63) is 33.0 Å². The second-order valence-corrected chi connectivity index (χ2v) is 5.91. The maximum atomic E-state index is 4.04. The molecule has 0 amide bonds. The molecule has 0 radical (unpaired) electrons. The number of benzene rings is 1. The third-order valence-electron chi connectivity index (χ3n) is 2.34. The van der Waals surface area contributed by atoms with Crippen LogP contribution in [0, 0.1) is 0 Å². The standard InChI is InChI=1S/C11H13Br2N5/c1-7(2)14-6-11-15-16-17-18(11)10-5-8(12)3-4-9(10)13/h3-5,7,14H,6H2,1-2H3. The Morgan fingerprint density at radius 1 is 1.33 bits per heavy atom. The number of halogens is 2. The Bertz CT molecular complexity index is 538. The van der Waals surface area contributed by atoms with Gasteiger partial charge in [0.15, 0.2) is 5.82 Å². The summed E-state index contributed by atoms with van der Waals surface area (Å²) in [4.78, 5) is 0. The van der Waals surface area contributed by atoms with E-state index in [1.165, 1.54) is 0 Å². The van der Waals surface area contributed by atoms with Crippen LogP contribution in [0.5, 0.6) is 0 Å². The molecule has 5 nitrogen and oxygen atoms in total. The van der Waals surface area contributed by atoms with Crippen LogP contribution in [0.4, 0.5) is 0 Å². The predicted molar refractivity (Wildman–Crippen MR) is 76.5 cm³/mol. The van der Waals surface area contributed by atoms with E-state index in [0.717, 1.165) is 20.5 Å². The van der Waals surface area contributed by atoms with Gasteiger partial charge in [0.2, 0.25) is 0 Å². The lowest BCUT2D eigenvalue weighted by molar-refractivity contribution is 0.563. The van der Waals surface area contributed by atoms with E-state index in [1.54, 1.807) is 4.68 Å². The fraction of sp³-hybridized carbons (Fsp3) is 0.364. The zero-order valence-corrected chi connectivity index (χ0v) is 13.2. The molecule has 0 aliphatic rings. The van der Waals surface area contributed by atoms with Gasteiger partial charge in [-0.15, -0.1) is 5.10 Å². The molecule has 0 unspecified atom stereocenters. The average molecular weight is 375 g/mol. The normalized spacial score (nSPS) is 11.2. The van der Waals surface area contributed by atoms with Crippen molar-refractivity contribution in [2.24, 2.45) is 0 Å². The summed E-state index contributed by atoms with van der Waals surface area (Å²) in [6, 6.07) is 6.28. The van der Waals surface area contributed by atoms with E-state index in [-0.39, 0.29) is 0 Å². The molecule has 1 aromatic carbocycles. The third kappa shape index (κ3) is 3.15. The van der Waals surface area contributed by atoms with Crippen LogP contribution in [-0.4, -0.2) is 26.2 Å². The summed E-state index contributed by atoms with van der Waals surface area (Å²) in [6.07, 6.45) is 0. The van der Waals surface area contributed by atoms with E-state index >= 15 is 0 Å². The molecule has 0 bridgehead atoms. The summed E-state index contributed by atoms with van der Waals surface area (Å²) in [7, 11) is 0. The highest BCUT2D eigenvalue weighted by Crippen LogP contribution is 2.24. The predicted octanol–water partition coefficient (Wildman–Crippen LogP) is 2.69. The second-order valence-electron chi connectivity index (χ2n) is 4.14. The first-order chi connectivity index (χ1) is 8.58. The Balaban J connectivity index is 2.33. The largest absolute Gasteiger partial charge is 0.308 e. The summed E-state index contributed by atoms with van der Waals surface area (Å²) < 4.78 is 3.66. The van der Waals surface area contributed by atoms with Gasteiger partial charge in [-0.2, -0.15) is 4.68 Å². The minimum Gasteiger partial charge on any atom is -0.308 e. The van der Waals surface area contributed by atoms with Crippen molar-refractivity contribution in [2.45, 2.75) is 26.4 Å². The second kappa shape index (κ2) is 5.90. The van der Waals surface area contributed by atoms with Crippen molar-refractivity contribution >= 4 is 31.9 Å². The topological polar surface area (TPSA) is 55.6 Å². The summed E-state index contributed by atoms with van der Waals surface area (Å²) in [5, 5.41) is 15.1. The van der Waals surface area contributed by atoms with Crippen LogP contribution < -0.4 is 5.32 Å². The maximum Gasteiger partial charge on any atom is 0.170 e. The van der Waals surface area contributed by atoms with Gasteiger partial charge in [0, 0.05) is 15.0 Å². The average Bonchev–Trinajstić information content (AvgIpc) is 2.77. The lowest BCUT2D eigenvalue weighted by Gasteiger charge is -2.09. The quantitative estimate of drug-likeness (QED) is 0.893. The number of rotatable bonds is 4. The summed E-state index contributed by atoms with van der Waals surface area (Å²) in [5.41, 5.74) is 0.912. The first-order valence-corrected chi connectivity index (χ1v) is 7.12. The fourth-order valence-corrected chi connectivity index (χ4v) is 2.21. The summed E-state index contributed by atoms with van der Waals surface area (Å²) in [5.74, 6) is 0.780. The molecule has 18 heavy (non-hydrogen) atoms. The van der Waals surface area contributed by atoms with Crippen LogP contribution >= 0.6 is 31.9 Å². The maximum absolute atomic E-state index is 4.04. The van der Waals surface area contributed by atoms with Gasteiger partial charge in [-0.1, -0.05) is 29.8 Å². The van der Waals surface area contributed by atoms with Gasteiger partial charge < -0.3 is 5.32 Å². The molecular formula is C11H13Br2N5. The monoisotopic (exact) mass is 373 g/mol. The minimum atomic E-state index is 0.390. The van der Waals surface area contributed by atoms with E-state index in [2.05, 4.69) is 66.5 Å². The van der Waals surface area contributed by atoms with Crippen LogP contribution in [0.3, 0.4) is 0 Å². The first-order valence-electron chi connectivity index (χ1n) is 5.54. The molecule has 2 rings (SSSR count). The van der Waals surface area contributed by atoms with Crippen LogP contribution in [0.2, 0.25) is 0 Å². The van der Waals surface area contributed by atoms with Gasteiger partial charge in [-0.05, 0) is 44.6 Å². The van der Waals surface area contributed by atoms with Crippen molar-refractivity contribution in [3.8, 4) is 5.69 Å². The molecule has 0 spiro atoms. The fourth-order valence-electron chi connectivity index (χ4n) is 1.45. The van der Waals surface area contributed by atoms with E-state index in [9.17, 15) is 0 Å². The van der Waals surface area contributed by atoms with E-state index in [4.69, 9.17) is 0 Å². The smallest absolute Gasteiger partial charge is 0.170 e. The van der Waals surface area contributed by atoms with Crippen molar-refractivity contribution in [1.82, 2.24) is 25.5 Å². The van der Waals surface area contributed by atoms with Crippen molar-refractivity contribution in [2.75, 3.05) is 0 Å². The van der Waals surface area contributed by atoms with Gasteiger partial charge in [0.25, 0.3) is 0 Å². The molecule has 7 heteroatoms.